The molecule has 0 radical (unpaired) electrons. The van der Waals surface area contributed by atoms with Crippen molar-refractivity contribution in [3.8, 4) is 5.75 Å². The van der Waals surface area contributed by atoms with Gasteiger partial charge in [-0.25, -0.2) is 22.7 Å². The molecule has 1 aromatic heterocycles. The molecule has 1 unspecified atom stereocenters. The fourth-order valence-corrected chi connectivity index (χ4v) is 11.3. The molecule has 7 aromatic rings. The molecule has 0 aliphatic carbocycles. The van der Waals surface area contributed by atoms with Gasteiger partial charge in [-0.15, -0.1) is 13.2 Å². The standard InChI is InChI=1S/C15H17NO.C13H20N2O.C12H16ClNO2.C12H14F3NO2.C10H14N2O.C10H15NO2S.C10H21NO2.C9H19NO.C5H13N3.C5H11NO/c1-2-3-10-16-15(17)14-9-8-12-6-4-5-7-13(12)11-14;1-4-5-10-14-13(16)11-6-8-12(9-7-11)15(2)3;1-2-3-8-14-12(15)16-9-10-6-4-5-7-11(10)13;1-2-3-8-16-11(17)9-4-6-10(7-5-9)18-12(13,14)15;1-2-3-6-12-10(13)9-4-7-11-8-5-9;1-2-3-9-11-14(12,13)10-7-5-4-6-8-10;1-6-8(2)7-11-9(12)13-10(3,4)5;1-4-5-6-10-9(11)7-8(2)3;1-2-3-4-8-5(6)7;1-2-3-4-5(6)7/h4-9,11H,2-3,10H2,1H3,(H,16,17);6-9H,4-5,10H2,1-3H3,(H,14,16);4-7H,2-3,8-9H2,1H3,(H,14,15);4-7H,2-3,8H2,1H3,(H,16,17);4-5,7-8H,2-3,6H2,1H3,(H,12,13);4-8,11H,2-3,9H2,1H3;8H,6-7H2,1-5H3,(H,11,12);8H,4-7H2,1-3H3,(H,10,11);2-4H2,1H3,(H4,6,7,8);2-4H2,1H3,(H2,6,7). The Balaban J connectivity index is -0.00000143. The SMILES string of the molecule is CCC(C)CNC(=O)OC(C)(C)C.CCCCC(N)=O.CCCCN=C(N)N.CCCCNC(=O)CC(C)C.CCCCNC(=O)OCc1ccccc1Cl.CCCCNC(=O)c1ccc(N(C)C)cc1.CCCCNC(=O)c1ccc(OC(F)(F)F)cc1.CCCCNC(=O)c1ccc2ccccc2c1.CCCCNC(=O)c1ccncc1.CCCCNS(=O)(=O)c1ccccc1. The van der Waals surface area contributed by atoms with Crippen LogP contribution in [-0.4, -0.2) is 152 Å². The number of primary amides is 1. The van der Waals surface area contributed by atoms with Crippen molar-refractivity contribution in [2.75, 3.05) is 77.9 Å². The fraction of sp³-hybridized carbons (Fsp3) is 0.525. The number of carbonyl (C=O) groups is 8. The number of ether oxygens (including phenoxy) is 3. The van der Waals surface area contributed by atoms with Gasteiger partial charge in [-0.3, -0.25) is 38.7 Å². The third kappa shape index (κ3) is 73.2. The highest BCUT2D eigenvalue weighted by molar-refractivity contribution is 7.89. The van der Waals surface area contributed by atoms with Crippen LogP contribution in [0.1, 0.15) is 293 Å². The zero-order valence-electron chi connectivity index (χ0n) is 82.5. The molecule has 32 heteroatoms. The average molecular weight is 1900 g/mol. The molecule has 0 spiro atoms. The number of aromatic nitrogens is 1. The van der Waals surface area contributed by atoms with Gasteiger partial charge in [0, 0.05) is 137 Å². The number of nitrogens with zero attached hydrogens (tertiary/aromatic N) is 3. The van der Waals surface area contributed by atoms with Crippen LogP contribution in [0, 0.1) is 11.8 Å². The molecule has 14 N–H and O–H groups in total. The van der Waals surface area contributed by atoms with Gasteiger partial charge < -0.3 is 73.5 Å². The van der Waals surface area contributed by atoms with E-state index < -0.39 is 28.1 Å². The number of rotatable bonds is 42. The predicted molar refractivity (Wildman–Crippen MR) is 537 cm³/mol. The number of aliphatic imine (C=N–C) groups is 1. The number of nitrogens with two attached hydrogens (primary N) is 3. The summed E-state index contributed by atoms with van der Waals surface area (Å²) in [7, 11) is 0.682. The van der Waals surface area contributed by atoms with Gasteiger partial charge in [0.2, 0.25) is 21.8 Å². The molecule has 1 atom stereocenters. The summed E-state index contributed by atoms with van der Waals surface area (Å²) < 4.78 is 75.3. The quantitative estimate of drug-likeness (QED) is 0.00962. The Morgan fingerprint density at radius 2 is 0.902 bits per heavy atom. The largest absolute Gasteiger partial charge is 0.573 e. The van der Waals surface area contributed by atoms with Crippen LogP contribution in [0.4, 0.5) is 28.4 Å². The van der Waals surface area contributed by atoms with E-state index in [0.717, 1.165) is 200 Å². The van der Waals surface area contributed by atoms with Crippen molar-refractivity contribution in [3.63, 3.8) is 0 Å². The maximum absolute atomic E-state index is 11.9. The zero-order valence-corrected chi connectivity index (χ0v) is 84.1. The maximum Gasteiger partial charge on any atom is 0.573 e. The van der Waals surface area contributed by atoms with Crippen LogP contribution in [0.15, 0.2) is 180 Å². The summed E-state index contributed by atoms with van der Waals surface area (Å²) in [6.45, 7) is 39.0. The molecule has 0 saturated carbocycles. The lowest BCUT2D eigenvalue weighted by Gasteiger charge is -2.20. The minimum absolute atomic E-state index is 0.0127. The Hall–Kier alpha value is -11.1. The summed E-state index contributed by atoms with van der Waals surface area (Å²) in [5.74, 6) is 0.534. The summed E-state index contributed by atoms with van der Waals surface area (Å²) in [5.41, 5.74) is 18.9. The van der Waals surface area contributed by atoms with Crippen molar-refractivity contribution in [1.29, 1.82) is 0 Å². The van der Waals surface area contributed by atoms with Crippen LogP contribution in [0.3, 0.4) is 0 Å². The molecule has 8 amide bonds. The normalized spacial score (nSPS) is 10.5. The number of fused-ring (bicyclic) bond motifs is 1. The van der Waals surface area contributed by atoms with Gasteiger partial charge in [0.1, 0.15) is 18.0 Å². The van der Waals surface area contributed by atoms with Gasteiger partial charge in [-0.2, -0.15) is 0 Å². The zero-order chi connectivity index (χ0) is 101. The Labute approximate surface area is 798 Å². The Morgan fingerprint density at radius 3 is 1.33 bits per heavy atom. The number of carbonyl (C=O) groups excluding carboxylic acids is 8. The second-order valence-electron chi connectivity index (χ2n) is 32.2. The monoisotopic (exact) mass is 1900 g/mol. The number of amides is 8. The molecular formula is C101H160ClF3N14O13S. The molecule has 746 valence electrons. The van der Waals surface area contributed by atoms with E-state index in [1.54, 1.807) is 60.9 Å². The minimum atomic E-state index is -4.72. The lowest BCUT2D eigenvalue weighted by atomic mass is 10.1. The fourth-order valence-electron chi connectivity index (χ4n) is 10.0. The molecule has 133 heavy (non-hydrogen) atoms. The number of hydrogen-bond donors (Lipinski definition) is 11. The number of benzene rings is 6. The van der Waals surface area contributed by atoms with Gasteiger partial charge in [-0.1, -0.05) is 233 Å². The highest BCUT2D eigenvalue weighted by atomic mass is 35.5. The van der Waals surface area contributed by atoms with Crippen molar-refractivity contribution in [2.24, 2.45) is 34.0 Å². The van der Waals surface area contributed by atoms with E-state index in [-0.39, 0.29) is 59.9 Å². The average Bonchev–Trinajstić information content (AvgIpc) is 0.839. The minimum Gasteiger partial charge on any atom is -0.445 e. The van der Waals surface area contributed by atoms with E-state index in [1.165, 1.54) is 12.1 Å². The number of nitrogens with one attached hydrogen (secondary N) is 8. The summed E-state index contributed by atoms with van der Waals surface area (Å²) in [4.78, 5) is 99.8. The molecule has 0 aliphatic heterocycles. The van der Waals surface area contributed by atoms with Crippen LogP contribution >= 0.6 is 11.6 Å². The first-order valence-electron chi connectivity index (χ1n) is 46.6. The van der Waals surface area contributed by atoms with Gasteiger partial charge in [0.05, 0.1) is 4.90 Å². The number of hydrogen-bond acceptors (Lipinski definition) is 16. The third-order valence-corrected chi connectivity index (χ3v) is 19.8. The highest BCUT2D eigenvalue weighted by Gasteiger charge is 2.31. The number of alkyl halides is 3. The first-order valence-corrected chi connectivity index (χ1v) is 48.4. The number of alkyl carbamates (subject to hydrolysis) is 2. The van der Waals surface area contributed by atoms with Crippen LogP contribution < -0.4 is 68.8 Å². The lowest BCUT2D eigenvalue weighted by molar-refractivity contribution is -0.274. The lowest BCUT2D eigenvalue weighted by Crippen LogP contribution is -2.34. The first-order chi connectivity index (χ1) is 63.2. The smallest absolute Gasteiger partial charge is 0.445 e. The highest BCUT2D eigenvalue weighted by Crippen LogP contribution is 2.24. The third-order valence-electron chi connectivity index (χ3n) is 17.9. The first kappa shape index (κ1) is 126. The van der Waals surface area contributed by atoms with Crippen molar-refractivity contribution < 1.29 is 74.2 Å². The van der Waals surface area contributed by atoms with Crippen molar-refractivity contribution in [1.82, 2.24) is 46.9 Å². The van der Waals surface area contributed by atoms with Crippen molar-refractivity contribution >= 4 is 91.7 Å². The molecule has 0 saturated heterocycles. The molecule has 7 rings (SSSR count). The molecular weight excluding hydrogens is 1740 g/mol. The Kier molecular flexibility index (Phi) is 75.4. The van der Waals surface area contributed by atoms with Crippen molar-refractivity contribution in [3.05, 3.63) is 203 Å². The predicted octanol–water partition coefficient (Wildman–Crippen LogP) is 20.7. The topological polar surface area (TPSA) is 401 Å². The van der Waals surface area contributed by atoms with E-state index in [2.05, 4.69) is 126 Å². The van der Waals surface area contributed by atoms with Gasteiger partial charge in [0.15, 0.2) is 5.96 Å². The van der Waals surface area contributed by atoms with E-state index in [4.69, 9.17) is 38.3 Å². The molecule has 1 heterocycles. The summed E-state index contributed by atoms with van der Waals surface area (Å²) in [5, 5.41) is 22.5. The molecule has 27 nitrogen and oxygen atoms in total. The molecule has 0 aliphatic rings. The van der Waals surface area contributed by atoms with Gasteiger partial charge in [0.25, 0.3) is 23.6 Å². The number of sulfonamides is 1. The van der Waals surface area contributed by atoms with Crippen LogP contribution in [0.25, 0.3) is 10.8 Å². The maximum atomic E-state index is 11.9. The van der Waals surface area contributed by atoms with Crippen molar-refractivity contribution in [2.45, 2.75) is 269 Å². The summed E-state index contributed by atoms with van der Waals surface area (Å²) in [6, 6.07) is 45.5. The number of guanidine groups is 1. The Morgan fingerprint density at radius 1 is 0.481 bits per heavy atom. The van der Waals surface area contributed by atoms with Crippen LogP contribution in [0.5, 0.6) is 5.75 Å². The van der Waals surface area contributed by atoms with E-state index in [0.29, 0.717) is 71.9 Å². The second kappa shape index (κ2) is 79.5. The van der Waals surface area contributed by atoms with Crippen LogP contribution in [0.2, 0.25) is 5.02 Å². The second-order valence-corrected chi connectivity index (χ2v) is 34.4. The molecule has 0 fully saturated rings. The Bertz CT molecular complexity index is 4360. The number of unbranched alkanes of at least 4 members (excludes halogenated alkanes) is 9. The van der Waals surface area contributed by atoms with E-state index >= 15 is 0 Å². The molecule has 6 aromatic carbocycles. The molecule has 0 bridgehead atoms. The van der Waals surface area contributed by atoms with Crippen LogP contribution in [-0.2, 0) is 35.7 Å². The van der Waals surface area contributed by atoms with E-state index in [9.17, 15) is 59.9 Å². The number of pyridine rings is 1. The number of halogens is 4. The number of anilines is 1. The van der Waals surface area contributed by atoms with Gasteiger partial charge >= 0.3 is 18.5 Å². The summed E-state index contributed by atoms with van der Waals surface area (Å²) in [6.07, 6.45) is 18.5. The van der Waals surface area contributed by atoms with E-state index in [1.807, 2.05) is 145 Å². The summed E-state index contributed by atoms with van der Waals surface area (Å²) >= 11 is 5.92. The van der Waals surface area contributed by atoms with Gasteiger partial charge in [-0.05, 0) is 192 Å².